The van der Waals surface area contributed by atoms with Crippen molar-refractivity contribution in [2.24, 2.45) is 5.92 Å². The number of rotatable bonds is 7. The van der Waals surface area contributed by atoms with E-state index >= 15 is 0 Å². The monoisotopic (exact) mass is 475 g/mol. The van der Waals surface area contributed by atoms with Crippen molar-refractivity contribution >= 4 is 40.2 Å². The lowest BCUT2D eigenvalue weighted by atomic mass is 9.96. The van der Waals surface area contributed by atoms with E-state index in [4.69, 9.17) is 16.3 Å². The lowest BCUT2D eigenvalue weighted by Crippen LogP contribution is -2.48. The quantitative estimate of drug-likeness (QED) is 0.486. The standard InChI is InChI=1S/C22H23ClFN5O4/c1-10(19(30)27-12(9-25)5-11-8-22(3-4-22)29-20(11)31)26-21(32)16-6-13-17(28-16)15(24)7-14(23)18(13)33-2/h6-7,10-12,28H,3-5,8H2,1-2H3,(H,26,32)(H,27,30)(H,29,31)/t10-,11+,12-/m0/s1. The van der Waals surface area contributed by atoms with Crippen LogP contribution in [0.25, 0.3) is 10.9 Å². The number of carbonyl (C=O) groups excluding carboxylic acids is 3. The number of carbonyl (C=O) groups is 3. The van der Waals surface area contributed by atoms with Crippen molar-refractivity contribution in [3.05, 3.63) is 28.7 Å². The van der Waals surface area contributed by atoms with E-state index in [2.05, 4.69) is 20.9 Å². The highest BCUT2D eigenvalue weighted by molar-refractivity contribution is 6.33. The van der Waals surface area contributed by atoms with Crippen LogP contribution in [0.2, 0.25) is 5.02 Å². The van der Waals surface area contributed by atoms with Gasteiger partial charge in [0.2, 0.25) is 11.8 Å². The average Bonchev–Trinajstić information content (AvgIpc) is 3.23. The first-order valence-corrected chi connectivity index (χ1v) is 10.9. The van der Waals surface area contributed by atoms with Crippen molar-refractivity contribution in [2.75, 3.05) is 7.11 Å². The van der Waals surface area contributed by atoms with Gasteiger partial charge in [0.25, 0.3) is 5.91 Å². The molecule has 1 spiro atoms. The van der Waals surface area contributed by atoms with E-state index < -0.39 is 29.7 Å². The smallest absolute Gasteiger partial charge is 0.268 e. The minimum Gasteiger partial charge on any atom is -0.494 e. The van der Waals surface area contributed by atoms with E-state index in [1.165, 1.54) is 20.1 Å². The van der Waals surface area contributed by atoms with Gasteiger partial charge in [-0.1, -0.05) is 11.6 Å². The molecular weight excluding hydrogens is 453 g/mol. The Morgan fingerprint density at radius 1 is 1.39 bits per heavy atom. The molecule has 1 saturated heterocycles. The molecule has 4 rings (SSSR count). The molecule has 0 radical (unpaired) electrons. The lowest BCUT2D eigenvalue weighted by molar-refractivity contribution is -0.125. The summed E-state index contributed by atoms with van der Waals surface area (Å²) in [4.78, 5) is 40.0. The molecule has 174 valence electrons. The van der Waals surface area contributed by atoms with Gasteiger partial charge in [0, 0.05) is 16.8 Å². The van der Waals surface area contributed by atoms with Gasteiger partial charge in [-0.3, -0.25) is 14.4 Å². The molecule has 33 heavy (non-hydrogen) atoms. The van der Waals surface area contributed by atoms with Gasteiger partial charge in [-0.2, -0.15) is 5.26 Å². The average molecular weight is 476 g/mol. The van der Waals surface area contributed by atoms with Crippen LogP contribution in [0, 0.1) is 23.1 Å². The number of halogens is 2. The van der Waals surface area contributed by atoms with Gasteiger partial charge >= 0.3 is 0 Å². The second-order valence-electron chi connectivity index (χ2n) is 8.64. The first-order chi connectivity index (χ1) is 15.7. The van der Waals surface area contributed by atoms with Crippen LogP contribution in [0.1, 0.15) is 43.1 Å². The van der Waals surface area contributed by atoms with Gasteiger partial charge in [0.1, 0.15) is 29.3 Å². The van der Waals surface area contributed by atoms with Crippen molar-refractivity contribution in [2.45, 2.75) is 50.2 Å². The predicted octanol–water partition coefficient (Wildman–Crippen LogP) is 2.15. The number of hydrogen-bond acceptors (Lipinski definition) is 5. The Morgan fingerprint density at radius 3 is 2.73 bits per heavy atom. The predicted molar refractivity (Wildman–Crippen MR) is 117 cm³/mol. The zero-order valence-electron chi connectivity index (χ0n) is 18.1. The molecule has 1 aromatic heterocycles. The topological polar surface area (TPSA) is 136 Å². The minimum absolute atomic E-state index is 0.0123. The van der Waals surface area contributed by atoms with Crippen LogP contribution in [0.15, 0.2) is 12.1 Å². The molecule has 1 aliphatic carbocycles. The summed E-state index contributed by atoms with van der Waals surface area (Å²) in [6.07, 6.45) is 2.75. The summed E-state index contributed by atoms with van der Waals surface area (Å²) in [5.74, 6) is -2.07. The molecule has 3 atom stereocenters. The van der Waals surface area contributed by atoms with Crippen LogP contribution in [0.3, 0.4) is 0 Å². The number of nitrogens with zero attached hydrogens (tertiary/aromatic N) is 1. The summed E-state index contributed by atoms with van der Waals surface area (Å²) < 4.78 is 19.4. The normalized spacial score (nSPS) is 20.1. The first kappa shape index (κ1) is 22.9. The molecular formula is C22H23ClFN5O4. The highest BCUT2D eigenvalue weighted by Gasteiger charge is 2.52. The fourth-order valence-electron chi connectivity index (χ4n) is 4.24. The Labute approximate surface area is 194 Å². The van der Waals surface area contributed by atoms with Crippen molar-refractivity contribution in [3.8, 4) is 11.8 Å². The Morgan fingerprint density at radius 2 is 2.12 bits per heavy atom. The van der Waals surface area contributed by atoms with E-state index in [-0.39, 0.29) is 51.2 Å². The number of nitrogens with one attached hydrogen (secondary N) is 4. The fourth-order valence-corrected chi connectivity index (χ4v) is 4.52. The zero-order valence-corrected chi connectivity index (χ0v) is 18.8. The Balaban J connectivity index is 1.39. The number of amides is 3. The van der Waals surface area contributed by atoms with E-state index in [1.54, 1.807) is 0 Å². The molecule has 2 fully saturated rings. The largest absolute Gasteiger partial charge is 0.494 e. The summed E-state index contributed by atoms with van der Waals surface area (Å²) >= 11 is 5.99. The number of ether oxygens (including phenoxy) is 1. The Bertz CT molecular complexity index is 1190. The summed E-state index contributed by atoms with van der Waals surface area (Å²) in [6.45, 7) is 1.46. The molecule has 2 heterocycles. The van der Waals surface area contributed by atoms with Crippen LogP contribution in [-0.4, -0.2) is 47.4 Å². The van der Waals surface area contributed by atoms with Gasteiger partial charge in [-0.15, -0.1) is 0 Å². The van der Waals surface area contributed by atoms with Gasteiger partial charge in [0.15, 0.2) is 0 Å². The van der Waals surface area contributed by atoms with Crippen LogP contribution in [0.4, 0.5) is 4.39 Å². The summed E-state index contributed by atoms with van der Waals surface area (Å²) in [7, 11) is 1.38. The van der Waals surface area contributed by atoms with Gasteiger partial charge in [-0.25, -0.2) is 4.39 Å². The van der Waals surface area contributed by atoms with E-state index in [0.717, 1.165) is 18.9 Å². The van der Waals surface area contributed by atoms with Crippen molar-refractivity contribution in [1.29, 1.82) is 5.26 Å². The number of methoxy groups -OCH3 is 1. The number of fused-ring (bicyclic) bond motifs is 1. The molecule has 1 saturated carbocycles. The fraction of sp³-hybridized carbons (Fsp3) is 0.455. The number of nitriles is 1. The van der Waals surface area contributed by atoms with E-state index in [1.807, 2.05) is 6.07 Å². The molecule has 0 unspecified atom stereocenters. The maximum atomic E-state index is 14.2. The highest BCUT2D eigenvalue weighted by Crippen LogP contribution is 2.46. The van der Waals surface area contributed by atoms with Gasteiger partial charge in [0.05, 0.1) is 23.7 Å². The Kier molecular flexibility index (Phi) is 5.93. The highest BCUT2D eigenvalue weighted by atomic mass is 35.5. The number of aromatic nitrogens is 1. The first-order valence-electron chi connectivity index (χ1n) is 10.5. The molecule has 4 N–H and O–H groups in total. The number of benzene rings is 1. The minimum atomic E-state index is -0.984. The lowest BCUT2D eigenvalue weighted by Gasteiger charge is -2.18. The molecule has 0 bridgehead atoms. The third-order valence-electron chi connectivity index (χ3n) is 6.20. The van der Waals surface area contributed by atoms with Crippen LogP contribution in [-0.2, 0) is 9.59 Å². The molecule has 9 nitrogen and oxygen atoms in total. The maximum Gasteiger partial charge on any atom is 0.268 e. The second kappa shape index (κ2) is 8.56. The zero-order chi connectivity index (χ0) is 23.9. The van der Waals surface area contributed by atoms with Gasteiger partial charge < -0.3 is 25.7 Å². The van der Waals surface area contributed by atoms with Gasteiger partial charge in [-0.05, 0) is 44.7 Å². The van der Waals surface area contributed by atoms with Crippen molar-refractivity contribution < 1.29 is 23.5 Å². The van der Waals surface area contributed by atoms with Crippen LogP contribution >= 0.6 is 11.6 Å². The van der Waals surface area contributed by atoms with Crippen LogP contribution < -0.4 is 20.7 Å². The summed E-state index contributed by atoms with van der Waals surface area (Å²) in [5, 5.41) is 17.9. The van der Waals surface area contributed by atoms with E-state index in [0.29, 0.717) is 6.42 Å². The van der Waals surface area contributed by atoms with E-state index in [9.17, 15) is 24.0 Å². The summed E-state index contributed by atoms with van der Waals surface area (Å²) in [6, 6.07) is 2.62. The van der Waals surface area contributed by atoms with Crippen molar-refractivity contribution in [1.82, 2.24) is 20.9 Å². The Hall–Kier alpha value is -3.32. The van der Waals surface area contributed by atoms with Crippen molar-refractivity contribution in [3.63, 3.8) is 0 Å². The number of hydrogen-bond donors (Lipinski definition) is 4. The van der Waals surface area contributed by atoms with Crippen LogP contribution in [0.5, 0.6) is 5.75 Å². The molecule has 2 aliphatic rings. The summed E-state index contributed by atoms with van der Waals surface area (Å²) in [5.41, 5.74) is -0.0523. The molecule has 3 amide bonds. The number of aromatic amines is 1. The number of H-pyrrole nitrogens is 1. The molecule has 2 aromatic rings. The third kappa shape index (κ3) is 4.46. The molecule has 11 heteroatoms. The molecule has 1 aliphatic heterocycles. The SMILES string of the molecule is COc1c(Cl)cc(F)c2[nH]c(C(=O)N[C@@H](C)C(=O)N[C@H](C#N)C[C@@H]3CC4(CC4)NC3=O)cc12. The molecule has 1 aromatic carbocycles. The maximum absolute atomic E-state index is 14.2. The second-order valence-corrected chi connectivity index (χ2v) is 9.04. The third-order valence-corrected chi connectivity index (χ3v) is 6.48.